The number of anilines is 1. The number of alkyl halides is 2. The summed E-state index contributed by atoms with van der Waals surface area (Å²) >= 11 is 0. The SMILES string of the molecule is CC(C)Cn1cnnc1C1CCCN1c1nc(C(F)F)nc2ccccc12. The van der Waals surface area contributed by atoms with Gasteiger partial charge in [0.05, 0.1) is 11.6 Å². The molecule has 0 amide bonds. The van der Waals surface area contributed by atoms with Crippen LogP contribution < -0.4 is 4.90 Å². The van der Waals surface area contributed by atoms with Crippen LogP contribution in [0.3, 0.4) is 0 Å². The average molecular weight is 372 g/mol. The highest BCUT2D eigenvalue weighted by molar-refractivity contribution is 5.89. The lowest BCUT2D eigenvalue weighted by Gasteiger charge is -2.27. The minimum atomic E-state index is -2.71. The molecule has 0 saturated carbocycles. The Balaban J connectivity index is 1.80. The molecule has 1 aromatic carbocycles. The van der Waals surface area contributed by atoms with E-state index >= 15 is 0 Å². The van der Waals surface area contributed by atoms with Crippen molar-refractivity contribution in [2.24, 2.45) is 5.92 Å². The van der Waals surface area contributed by atoms with Gasteiger partial charge >= 0.3 is 0 Å². The number of aromatic nitrogens is 5. The number of benzene rings is 1. The molecule has 1 aliphatic heterocycles. The average Bonchev–Trinajstić information content (AvgIpc) is 3.29. The lowest BCUT2D eigenvalue weighted by atomic mass is 10.1. The molecular weight excluding hydrogens is 350 g/mol. The van der Waals surface area contributed by atoms with E-state index in [4.69, 9.17) is 0 Å². The second-order valence-corrected chi connectivity index (χ2v) is 7.31. The third kappa shape index (κ3) is 3.36. The normalized spacial score (nSPS) is 17.6. The zero-order chi connectivity index (χ0) is 19.0. The summed E-state index contributed by atoms with van der Waals surface area (Å²) in [6.07, 6.45) is 0.869. The van der Waals surface area contributed by atoms with Crippen LogP contribution in [0.25, 0.3) is 10.9 Å². The summed E-state index contributed by atoms with van der Waals surface area (Å²) in [5.41, 5.74) is 0.534. The van der Waals surface area contributed by atoms with E-state index < -0.39 is 12.2 Å². The van der Waals surface area contributed by atoms with Gasteiger partial charge < -0.3 is 9.47 Å². The Bertz CT molecular complexity index is 939. The molecule has 0 spiro atoms. The Hall–Kier alpha value is -2.64. The van der Waals surface area contributed by atoms with Crippen LogP contribution in [0.2, 0.25) is 0 Å². The lowest BCUT2D eigenvalue weighted by molar-refractivity contribution is 0.141. The monoisotopic (exact) mass is 372 g/mol. The molecule has 3 aromatic rings. The minimum Gasteiger partial charge on any atom is -0.346 e. The van der Waals surface area contributed by atoms with Crippen molar-refractivity contribution in [1.82, 2.24) is 24.7 Å². The van der Waals surface area contributed by atoms with Gasteiger partial charge in [-0.2, -0.15) is 0 Å². The fraction of sp³-hybridized carbons (Fsp3) is 0.474. The maximum absolute atomic E-state index is 13.4. The van der Waals surface area contributed by atoms with Crippen molar-refractivity contribution in [1.29, 1.82) is 0 Å². The highest BCUT2D eigenvalue weighted by Crippen LogP contribution is 2.38. The first kappa shape index (κ1) is 17.8. The van der Waals surface area contributed by atoms with Crippen LogP contribution in [0.15, 0.2) is 30.6 Å². The van der Waals surface area contributed by atoms with Crippen molar-refractivity contribution in [3.8, 4) is 0 Å². The van der Waals surface area contributed by atoms with Gasteiger partial charge in [0.2, 0.25) is 0 Å². The van der Waals surface area contributed by atoms with E-state index in [2.05, 4.69) is 43.5 Å². The molecule has 1 fully saturated rings. The number of hydrogen-bond donors (Lipinski definition) is 0. The molecule has 6 nitrogen and oxygen atoms in total. The Morgan fingerprint density at radius 2 is 2.00 bits per heavy atom. The molecule has 0 aliphatic carbocycles. The maximum atomic E-state index is 13.4. The molecule has 1 aliphatic rings. The molecule has 0 radical (unpaired) electrons. The van der Waals surface area contributed by atoms with Crippen molar-refractivity contribution in [2.75, 3.05) is 11.4 Å². The number of rotatable bonds is 5. The second kappa shape index (κ2) is 7.17. The third-order valence-corrected chi connectivity index (χ3v) is 4.83. The Morgan fingerprint density at radius 1 is 1.19 bits per heavy atom. The van der Waals surface area contributed by atoms with Crippen LogP contribution in [0.5, 0.6) is 0 Å². The largest absolute Gasteiger partial charge is 0.346 e. The predicted octanol–water partition coefficient (Wildman–Crippen LogP) is 4.16. The zero-order valence-corrected chi connectivity index (χ0v) is 15.4. The van der Waals surface area contributed by atoms with E-state index in [0.29, 0.717) is 17.3 Å². The molecule has 27 heavy (non-hydrogen) atoms. The molecule has 0 bridgehead atoms. The second-order valence-electron chi connectivity index (χ2n) is 7.31. The Kier molecular flexibility index (Phi) is 4.72. The van der Waals surface area contributed by atoms with Gasteiger partial charge in [-0.15, -0.1) is 10.2 Å². The van der Waals surface area contributed by atoms with Crippen molar-refractivity contribution in [2.45, 2.75) is 45.7 Å². The van der Waals surface area contributed by atoms with Gasteiger partial charge in [-0.3, -0.25) is 0 Å². The van der Waals surface area contributed by atoms with Crippen LogP contribution in [0, 0.1) is 5.92 Å². The molecule has 4 rings (SSSR count). The van der Waals surface area contributed by atoms with Gasteiger partial charge in [-0.1, -0.05) is 26.0 Å². The smallest absolute Gasteiger partial charge is 0.297 e. The van der Waals surface area contributed by atoms with Crippen LogP contribution >= 0.6 is 0 Å². The molecule has 1 atom stereocenters. The minimum absolute atomic E-state index is 0.0323. The van der Waals surface area contributed by atoms with Gasteiger partial charge in [0.1, 0.15) is 12.1 Å². The Morgan fingerprint density at radius 3 is 2.78 bits per heavy atom. The number of halogens is 2. The summed E-state index contributed by atoms with van der Waals surface area (Å²) in [5, 5.41) is 9.22. The number of fused-ring (bicyclic) bond motifs is 1. The summed E-state index contributed by atoms with van der Waals surface area (Å²) in [4.78, 5) is 10.4. The predicted molar refractivity (Wildman–Crippen MR) is 98.7 cm³/mol. The molecule has 142 valence electrons. The van der Waals surface area contributed by atoms with Crippen LogP contribution in [-0.2, 0) is 6.54 Å². The maximum Gasteiger partial charge on any atom is 0.297 e. The van der Waals surface area contributed by atoms with E-state index in [9.17, 15) is 8.78 Å². The van der Waals surface area contributed by atoms with E-state index in [1.54, 1.807) is 18.5 Å². The molecule has 1 unspecified atom stereocenters. The van der Waals surface area contributed by atoms with Crippen LogP contribution in [-0.4, -0.2) is 31.3 Å². The van der Waals surface area contributed by atoms with Gasteiger partial charge in [-0.25, -0.2) is 18.7 Å². The van der Waals surface area contributed by atoms with E-state index in [-0.39, 0.29) is 6.04 Å². The first-order chi connectivity index (χ1) is 13.0. The highest BCUT2D eigenvalue weighted by atomic mass is 19.3. The van der Waals surface area contributed by atoms with Gasteiger partial charge in [0.15, 0.2) is 11.6 Å². The number of nitrogens with zero attached hydrogens (tertiary/aromatic N) is 6. The molecule has 0 N–H and O–H groups in total. The summed E-state index contributed by atoms with van der Waals surface area (Å²) in [6, 6.07) is 7.28. The fourth-order valence-corrected chi connectivity index (χ4v) is 3.74. The molecular formula is C19H22F2N6. The highest BCUT2D eigenvalue weighted by Gasteiger charge is 2.33. The number of para-hydroxylation sites is 1. The molecule has 8 heteroatoms. The summed E-state index contributed by atoms with van der Waals surface area (Å²) in [6.45, 7) is 5.84. The summed E-state index contributed by atoms with van der Waals surface area (Å²) < 4.78 is 28.8. The zero-order valence-electron chi connectivity index (χ0n) is 15.4. The van der Waals surface area contributed by atoms with Crippen molar-refractivity contribution in [3.63, 3.8) is 0 Å². The molecule has 1 saturated heterocycles. The summed E-state index contributed by atoms with van der Waals surface area (Å²) in [7, 11) is 0. The van der Waals surface area contributed by atoms with E-state index in [1.165, 1.54) is 0 Å². The lowest BCUT2D eigenvalue weighted by Crippen LogP contribution is -2.27. The van der Waals surface area contributed by atoms with Crippen molar-refractivity contribution < 1.29 is 8.78 Å². The molecule has 2 aromatic heterocycles. The summed E-state index contributed by atoms with van der Waals surface area (Å²) in [5.74, 6) is 1.44. The van der Waals surface area contributed by atoms with Crippen molar-refractivity contribution >= 4 is 16.7 Å². The Labute approximate surface area is 156 Å². The van der Waals surface area contributed by atoms with E-state index in [0.717, 1.165) is 37.1 Å². The van der Waals surface area contributed by atoms with E-state index in [1.807, 2.05) is 12.1 Å². The van der Waals surface area contributed by atoms with Crippen molar-refractivity contribution in [3.05, 3.63) is 42.2 Å². The van der Waals surface area contributed by atoms with Gasteiger partial charge in [0.25, 0.3) is 6.43 Å². The van der Waals surface area contributed by atoms with Crippen LogP contribution in [0.1, 0.15) is 50.8 Å². The number of hydrogen-bond acceptors (Lipinski definition) is 5. The molecule has 3 heterocycles. The topological polar surface area (TPSA) is 59.7 Å². The standard InChI is InChI=1S/C19H22F2N6/c1-12(2)10-26-11-22-25-19(26)15-8-5-9-27(15)18-13-6-3-4-7-14(13)23-17(24-18)16(20)21/h3-4,6-7,11-12,15-16H,5,8-10H2,1-2H3. The first-order valence-electron chi connectivity index (χ1n) is 9.23. The van der Waals surface area contributed by atoms with Crippen LogP contribution in [0.4, 0.5) is 14.6 Å². The van der Waals surface area contributed by atoms with Gasteiger partial charge in [-0.05, 0) is 30.9 Å². The first-order valence-corrected chi connectivity index (χ1v) is 9.23. The quantitative estimate of drug-likeness (QED) is 0.673. The third-order valence-electron chi connectivity index (χ3n) is 4.83. The fourth-order valence-electron chi connectivity index (χ4n) is 3.74. The van der Waals surface area contributed by atoms with Gasteiger partial charge in [0, 0.05) is 18.5 Å².